The Labute approximate surface area is 192 Å². The number of hydrogen-bond donors (Lipinski definition) is 0. The summed E-state index contributed by atoms with van der Waals surface area (Å²) in [5, 5.41) is 0. The second-order valence-corrected chi connectivity index (χ2v) is 9.27. The minimum absolute atomic E-state index is 0.400. The first-order valence-corrected chi connectivity index (χ1v) is 11.4. The van der Waals surface area contributed by atoms with E-state index in [-0.39, 0.29) is 0 Å². The average molecular weight is 437 g/mol. The summed E-state index contributed by atoms with van der Waals surface area (Å²) in [6, 6.07) is 16.0. The number of ether oxygens (including phenoxy) is 2. The normalized spacial score (nSPS) is 13.4. The third-order valence-electron chi connectivity index (χ3n) is 5.38. The summed E-state index contributed by atoms with van der Waals surface area (Å²) in [5.41, 5.74) is 4.28. The van der Waals surface area contributed by atoms with Crippen LogP contribution in [0.2, 0.25) is 0 Å². The van der Waals surface area contributed by atoms with E-state index in [2.05, 4.69) is 27.7 Å². The van der Waals surface area contributed by atoms with E-state index >= 15 is 0 Å². The highest BCUT2D eigenvalue weighted by Crippen LogP contribution is 2.20. The molecule has 4 nitrogen and oxygen atoms in total. The van der Waals surface area contributed by atoms with Crippen LogP contribution in [0.25, 0.3) is 0 Å². The number of esters is 2. The second kappa shape index (κ2) is 12.2. The van der Waals surface area contributed by atoms with Gasteiger partial charge in [0.15, 0.2) is 0 Å². The van der Waals surface area contributed by atoms with E-state index < -0.39 is 23.8 Å². The molecule has 4 heteroatoms. The molecule has 0 saturated carbocycles. The molecule has 0 aliphatic carbocycles. The Balaban J connectivity index is 1.83. The molecular weight excluding hydrogens is 400 g/mol. The van der Waals surface area contributed by atoms with Crippen LogP contribution in [0.4, 0.5) is 0 Å². The topological polar surface area (TPSA) is 52.6 Å². The van der Waals surface area contributed by atoms with Crippen molar-refractivity contribution in [3.63, 3.8) is 0 Å². The Morgan fingerprint density at radius 1 is 0.625 bits per heavy atom. The monoisotopic (exact) mass is 436 g/mol. The predicted octanol–water partition coefficient (Wildman–Crippen LogP) is 6.55. The molecule has 2 unspecified atom stereocenters. The maximum absolute atomic E-state index is 12.3. The first-order chi connectivity index (χ1) is 15.2. The first-order valence-electron chi connectivity index (χ1n) is 11.4. The molecule has 0 aliphatic rings. The van der Waals surface area contributed by atoms with Gasteiger partial charge in [-0.2, -0.15) is 0 Å². The van der Waals surface area contributed by atoms with Crippen LogP contribution in [0, 0.1) is 11.8 Å². The lowest BCUT2D eigenvalue weighted by molar-refractivity contribution is -0.142. The van der Waals surface area contributed by atoms with Crippen molar-refractivity contribution in [2.24, 2.45) is 11.8 Å². The zero-order valence-corrected chi connectivity index (χ0v) is 20.1. The van der Waals surface area contributed by atoms with Crippen LogP contribution in [0.15, 0.2) is 61.1 Å². The van der Waals surface area contributed by atoms with Crippen LogP contribution in [-0.2, 0) is 31.9 Å². The fourth-order valence-corrected chi connectivity index (χ4v) is 3.49. The standard InChI is InChI=1S/C28H36O4/c1-19(2)17-23-7-11-25(12-8-23)21(5)27(29)31-15-16-32-28(30)22(6)26-13-9-24(10-14-26)18-20(3)4/h7-16,19-22H,17-18H2,1-6H3/b16-15+. The highest BCUT2D eigenvalue weighted by atomic mass is 16.6. The fraction of sp³-hybridized carbons (Fsp3) is 0.429. The third-order valence-corrected chi connectivity index (χ3v) is 5.38. The van der Waals surface area contributed by atoms with Gasteiger partial charge in [-0.25, -0.2) is 0 Å². The second-order valence-electron chi connectivity index (χ2n) is 9.27. The number of hydrogen-bond acceptors (Lipinski definition) is 4. The van der Waals surface area contributed by atoms with Crippen molar-refractivity contribution in [2.45, 2.75) is 66.2 Å². The molecule has 0 bridgehead atoms. The minimum Gasteiger partial charge on any atom is -0.431 e. The molecule has 2 aromatic carbocycles. The molecule has 2 rings (SSSR count). The first kappa shape index (κ1) is 25.4. The molecule has 0 spiro atoms. The summed E-state index contributed by atoms with van der Waals surface area (Å²) in [4.78, 5) is 24.6. The van der Waals surface area contributed by atoms with E-state index in [1.807, 2.05) is 48.5 Å². The van der Waals surface area contributed by atoms with Gasteiger partial charge < -0.3 is 9.47 Å². The molecule has 0 radical (unpaired) electrons. The quantitative estimate of drug-likeness (QED) is 0.313. The minimum atomic E-state index is -0.410. The molecular formula is C28H36O4. The number of carbonyl (C=O) groups is 2. The van der Waals surface area contributed by atoms with Crippen LogP contribution in [0.5, 0.6) is 0 Å². The molecule has 0 saturated heterocycles. The molecule has 0 amide bonds. The molecule has 32 heavy (non-hydrogen) atoms. The Morgan fingerprint density at radius 3 is 1.22 bits per heavy atom. The van der Waals surface area contributed by atoms with Crippen molar-refractivity contribution in [3.05, 3.63) is 83.3 Å². The summed E-state index contributed by atoms with van der Waals surface area (Å²) >= 11 is 0. The van der Waals surface area contributed by atoms with Gasteiger partial charge in [-0.1, -0.05) is 76.2 Å². The largest absolute Gasteiger partial charge is 0.431 e. The fourth-order valence-electron chi connectivity index (χ4n) is 3.49. The average Bonchev–Trinajstić information content (AvgIpc) is 2.75. The molecule has 2 atom stereocenters. The van der Waals surface area contributed by atoms with E-state index in [0.717, 1.165) is 36.5 Å². The number of benzene rings is 2. The van der Waals surface area contributed by atoms with Crippen molar-refractivity contribution in [2.75, 3.05) is 0 Å². The van der Waals surface area contributed by atoms with E-state index in [1.54, 1.807) is 13.8 Å². The number of rotatable bonds is 10. The van der Waals surface area contributed by atoms with Crippen LogP contribution < -0.4 is 0 Å². The summed E-state index contributed by atoms with van der Waals surface area (Å²) in [5.74, 6) is -0.449. The predicted molar refractivity (Wildman–Crippen MR) is 128 cm³/mol. The summed E-state index contributed by atoms with van der Waals surface area (Å²) in [6.07, 6.45) is 4.27. The van der Waals surface area contributed by atoms with Crippen molar-refractivity contribution in [1.29, 1.82) is 0 Å². The van der Waals surface area contributed by atoms with Gasteiger partial charge in [-0.05, 0) is 60.8 Å². The van der Waals surface area contributed by atoms with Gasteiger partial charge in [0.05, 0.1) is 11.8 Å². The van der Waals surface area contributed by atoms with Crippen molar-refractivity contribution >= 4 is 11.9 Å². The van der Waals surface area contributed by atoms with Crippen molar-refractivity contribution < 1.29 is 19.1 Å². The van der Waals surface area contributed by atoms with E-state index in [0.29, 0.717) is 11.8 Å². The summed E-state index contributed by atoms with van der Waals surface area (Å²) in [7, 11) is 0. The summed E-state index contributed by atoms with van der Waals surface area (Å²) in [6.45, 7) is 12.3. The molecule has 0 heterocycles. The zero-order chi connectivity index (χ0) is 23.7. The van der Waals surface area contributed by atoms with Crippen LogP contribution in [0.1, 0.15) is 75.6 Å². The molecule has 0 aromatic heterocycles. The molecule has 2 aromatic rings. The van der Waals surface area contributed by atoms with Crippen molar-refractivity contribution in [1.82, 2.24) is 0 Å². The summed E-state index contributed by atoms with van der Waals surface area (Å²) < 4.78 is 10.3. The van der Waals surface area contributed by atoms with Crippen LogP contribution in [-0.4, -0.2) is 11.9 Å². The molecule has 0 fully saturated rings. The van der Waals surface area contributed by atoms with Crippen molar-refractivity contribution in [3.8, 4) is 0 Å². The van der Waals surface area contributed by atoms with E-state index in [1.165, 1.54) is 11.1 Å². The van der Waals surface area contributed by atoms with E-state index in [9.17, 15) is 9.59 Å². The van der Waals surface area contributed by atoms with Gasteiger partial charge in [0.25, 0.3) is 0 Å². The lowest BCUT2D eigenvalue weighted by atomic mass is 9.97. The zero-order valence-electron chi connectivity index (χ0n) is 20.1. The van der Waals surface area contributed by atoms with Gasteiger partial charge in [0.2, 0.25) is 0 Å². The highest BCUT2D eigenvalue weighted by Gasteiger charge is 2.18. The Bertz CT molecular complexity index is 817. The lowest BCUT2D eigenvalue weighted by Crippen LogP contribution is -2.12. The lowest BCUT2D eigenvalue weighted by Gasteiger charge is -2.12. The van der Waals surface area contributed by atoms with Gasteiger partial charge in [-0.3, -0.25) is 9.59 Å². The van der Waals surface area contributed by atoms with Gasteiger partial charge in [-0.15, -0.1) is 0 Å². The number of carbonyl (C=O) groups excluding carboxylic acids is 2. The SMILES string of the molecule is CC(C)Cc1ccc(C(C)C(=O)O/C=C/OC(=O)C(C)c2ccc(CC(C)C)cc2)cc1. The highest BCUT2D eigenvalue weighted by molar-refractivity contribution is 5.79. The van der Waals surface area contributed by atoms with Crippen LogP contribution in [0.3, 0.4) is 0 Å². The van der Waals surface area contributed by atoms with Gasteiger partial charge >= 0.3 is 11.9 Å². The van der Waals surface area contributed by atoms with Gasteiger partial charge in [0, 0.05) is 0 Å². The smallest absolute Gasteiger partial charge is 0.318 e. The third kappa shape index (κ3) is 7.99. The van der Waals surface area contributed by atoms with Gasteiger partial charge in [0.1, 0.15) is 12.5 Å². The van der Waals surface area contributed by atoms with Crippen LogP contribution >= 0.6 is 0 Å². The maximum Gasteiger partial charge on any atom is 0.318 e. The van der Waals surface area contributed by atoms with E-state index in [4.69, 9.17) is 9.47 Å². The Morgan fingerprint density at radius 2 is 0.938 bits per heavy atom. The molecule has 0 aliphatic heterocycles. The Hall–Kier alpha value is -2.88. The Kier molecular flexibility index (Phi) is 9.70. The maximum atomic E-state index is 12.3. The molecule has 172 valence electrons. The molecule has 0 N–H and O–H groups in total.